The Morgan fingerprint density at radius 2 is 1.83 bits per heavy atom. The van der Waals surface area contributed by atoms with Crippen LogP contribution in [0.5, 0.6) is 5.75 Å². The molecule has 8 heteroatoms. The maximum Gasteiger partial charge on any atom is 0.275 e. The SMILES string of the molecule is COc1ccc(CNC(=O)Cn2nc(C(=O)N3CCOCC3)c3ccccc32)cc1. The number of para-hydroxylation sites is 1. The molecule has 1 aliphatic rings. The molecule has 0 radical (unpaired) electrons. The third-order valence-electron chi connectivity index (χ3n) is 5.10. The molecule has 0 spiro atoms. The first kappa shape index (κ1) is 19.9. The van der Waals surface area contributed by atoms with Gasteiger partial charge in [0.25, 0.3) is 5.91 Å². The Balaban J connectivity index is 1.48. The quantitative estimate of drug-likeness (QED) is 0.673. The van der Waals surface area contributed by atoms with Crippen LogP contribution in [0.4, 0.5) is 0 Å². The number of carbonyl (C=O) groups is 2. The van der Waals surface area contributed by atoms with Gasteiger partial charge in [-0.3, -0.25) is 14.3 Å². The number of benzene rings is 2. The second kappa shape index (κ2) is 8.96. The molecule has 2 heterocycles. The Morgan fingerprint density at radius 1 is 1.10 bits per heavy atom. The molecule has 0 atom stereocenters. The van der Waals surface area contributed by atoms with Crippen LogP contribution < -0.4 is 10.1 Å². The van der Waals surface area contributed by atoms with E-state index in [0.29, 0.717) is 38.5 Å². The van der Waals surface area contributed by atoms with E-state index in [9.17, 15) is 9.59 Å². The summed E-state index contributed by atoms with van der Waals surface area (Å²) >= 11 is 0. The first-order chi connectivity index (χ1) is 14.7. The number of carbonyl (C=O) groups excluding carboxylic acids is 2. The molecular weight excluding hydrogens is 384 g/mol. The Morgan fingerprint density at radius 3 is 2.57 bits per heavy atom. The van der Waals surface area contributed by atoms with Gasteiger partial charge < -0.3 is 19.7 Å². The molecule has 0 bridgehead atoms. The predicted molar refractivity (Wildman–Crippen MR) is 111 cm³/mol. The minimum Gasteiger partial charge on any atom is -0.497 e. The van der Waals surface area contributed by atoms with Gasteiger partial charge in [-0.05, 0) is 23.8 Å². The second-order valence-corrected chi connectivity index (χ2v) is 7.05. The van der Waals surface area contributed by atoms with Crippen molar-refractivity contribution in [3.63, 3.8) is 0 Å². The summed E-state index contributed by atoms with van der Waals surface area (Å²) in [5.41, 5.74) is 2.10. The second-order valence-electron chi connectivity index (χ2n) is 7.05. The van der Waals surface area contributed by atoms with Crippen LogP contribution in [0, 0.1) is 0 Å². The Labute approximate surface area is 174 Å². The van der Waals surface area contributed by atoms with E-state index < -0.39 is 0 Å². The molecule has 2 aromatic carbocycles. The van der Waals surface area contributed by atoms with Crippen LogP contribution in [-0.4, -0.2) is 59.9 Å². The summed E-state index contributed by atoms with van der Waals surface area (Å²) < 4.78 is 12.1. The van der Waals surface area contributed by atoms with Crippen molar-refractivity contribution in [2.45, 2.75) is 13.1 Å². The lowest BCUT2D eigenvalue weighted by Crippen LogP contribution is -2.41. The van der Waals surface area contributed by atoms with Crippen molar-refractivity contribution < 1.29 is 19.1 Å². The average Bonchev–Trinajstić information content (AvgIpc) is 3.16. The molecule has 3 aromatic rings. The van der Waals surface area contributed by atoms with Crippen LogP contribution >= 0.6 is 0 Å². The third kappa shape index (κ3) is 4.28. The van der Waals surface area contributed by atoms with Gasteiger partial charge in [0.2, 0.25) is 5.91 Å². The van der Waals surface area contributed by atoms with E-state index in [0.717, 1.165) is 22.2 Å². The normalized spacial score (nSPS) is 14.0. The van der Waals surface area contributed by atoms with Gasteiger partial charge in [-0.1, -0.05) is 30.3 Å². The lowest BCUT2D eigenvalue weighted by atomic mass is 10.2. The van der Waals surface area contributed by atoms with Crippen LogP contribution in [0.1, 0.15) is 16.1 Å². The summed E-state index contributed by atoms with van der Waals surface area (Å²) in [5.74, 6) is 0.460. The van der Waals surface area contributed by atoms with Gasteiger partial charge in [-0.25, -0.2) is 0 Å². The van der Waals surface area contributed by atoms with Gasteiger partial charge in [-0.2, -0.15) is 5.10 Å². The van der Waals surface area contributed by atoms with Crippen molar-refractivity contribution in [1.82, 2.24) is 20.0 Å². The monoisotopic (exact) mass is 408 g/mol. The first-order valence-corrected chi connectivity index (χ1v) is 9.88. The number of fused-ring (bicyclic) bond motifs is 1. The topological polar surface area (TPSA) is 85.7 Å². The largest absolute Gasteiger partial charge is 0.497 e. The van der Waals surface area contributed by atoms with Crippen LogP contribution in [0.15, 0.2) is 48.5 Å². The zero-order valence-electron chi connectivity index (χ0n) is 16.8. The summed E-state index contributed by atoms with van der Waals surface area (Å²) in [4.78, 5) is 27.2. The van der Waals surface area contributed by atoms with Crippen LogP contribution in [0.25, 0.3) is 10.9 Å². The third-order valence-corrected chi connectivity index (χ3v) is 5.10. The minimum atomic E-state index is -0.176. The van der Waals surface area contributed by atoms with Crippen LogP contribution in [-0.2, 0) is 22.6 Å². The number of ether oxygens (including phenoxy) is 2. The number of hydrogen-bond acceptors (Lipinski definition) is 5. The highest BCUT2D eigenvalue weighted by molar-refractivity contribution is 6.05. The number of methoxy groups -OCH3 is 1. The number of rotatable bonds is 6. The summed E-state index contributed by atoms with van der Waals surface area (Å²) in [5, 5.41) is 8.14. The summed E-state index contributed by atoms with van der Waals surface area (Å²) in [7, 11) is 1.61. The summed E-state index contributed by atoms with van der Waals surface area (Å²) in [6.07, 6.45) is 0. The smallest absolute Gasteiger partial charge is 0.275 e. The predicted octanol–water partition coefficient (Wildman–Crippen LogP) is 1.83. The van der Waals surface area contributed by atoms with Crippen molar-refractivity contribution in [2.24, 2.45) is 0 Å². The fourth-order valence-electron chi connectivity index (χ4n) is 3.46. The molecule has 156 valence electrons. The maximum absolute atomic E-state index is 13.0. The van der Waals surface area contributed by atoms with Crippen molar-refractivity contribution in [2.75, 3.05) is 33.4 Å². The van der Waals surface area contributed by atoms with Crippen molar-refractivity contribution in [3.8, 4) is 5.75 Å². The Kier molecular flexibility index (Phi) is 5.94. The molecule has 0 aliphatic carbocycles. The first-order valence-electron chi connectivity index (χ1n) is 9.88. The van der Waals surface area contributed by atoms with E-state index in [1.807, 2.05) is 48.5 Å². The highest BCUT2D eigenvalue weighted by Gasteiger charge is 2.24. The zero-order chi connectivity index (χ0) is 20.9. The van der Waals surface area contributed by atoms with Gasteiger partial charge in [-0.15, -0.1) is 0 Å². The van der Waals surface area contributed by atoms with E-state index >= 15 is 0 Å². The Hall–Kier alpha value is -3.39. The number of amides is 2. The molecule has 8 nitrogen and oxygen atoms in total. The number of nitrogens with zero attached hydrogens (tertiary/aromatic N) is 3. The van der Waals surface area contributed by atoms with Gasteiger partial charge in [0.15, 0.2) is 5.69 Å². The fraction of sp³-hybridized carbons (Fsp3) is 0.318. The molecule has 30 heavy (non-hydrogen) atoms. The van der Waals surface area contributed by atoms with Crippen molar-refractivity contribution >= 4 is 22.7 Å². The van der Waals surface area contributed by atoms with Gasteiger partial charge in [0.1, 0.15) is 12.3 Å². The number of morpholine rings is 1. The number of nitrogens with one attached hydrogen (secondary N) is 1. The van der Waals surface area contributed by atoms with Gasteiger partial charge >= 0.3 is 0 Å². The standard InChI is InChI=1S/C22H24N4O4/c1-29-17-8-6-16(7-9-17)14-23-20(27)15-26-19-5-3-2-4-18(19)21(24-26)22(28)25-10-12-30-13-11-25/h2-9H,10-15H2,1H3,(H,23,27). The highest BCUT2D eigenvalue weighted by Crippen LogP contribution is 2.20. The van der Waals surface area contributed by atoms with E-state index in [1.165, 1.54) is 0 Å². The van der Waals surface area contributed by atoms with Gasteiger partial charge in [0, 0.05) is 25.0 Å². The molecule has 1 fully saturated rings. The van der Waals surface area contributed by atoms with Crippen molar-refractivity contribution in [1.29, 1.82) is 0 Å². The lowest BCUT2D eigenvalue weighted by molar-refractivity contribution is -0.121. The van der Waals surface area contributed by atoms with Crippen molar-refractivity contribution in [3.05, 3.63) is 59.8 Å². The Bertz CT molecular complexity index is 1040. The fourth-order valence-corrected chi connectivity index (χ4v) is 3.46. The molecule has 4 rings (SSSR count). The van der Waals surface area contributed by atoms with Crippen LogP contribution in [0.3, 0.4) is 0 Å². The molecule has 0 unspecified atom stereocenters. The van der Waals surface area contributed by atoms with Gasteiger partial charge in [0.05, 0.1) is 25.8 Å². The van der Waals surface area contributed by atoms with E-state index in [1.54, 1.807) is 16.7 Å². The zero-order valence-corrected chi connectivity index (χ0v) is 16.8. The molecule has 1 N–H and O–H groups in total. The molecule has 1 aromatic heterocycles. The van der Waals surface area contributed by atoms with Crippen LogP contribution in [0.2, 0.25) is 0 Å². The summed E-state index contributed by atoms with van der Waals surface area (Å²) in [6, 6.07) is 15.0. The lowest BCUT2D eigenvalue weighted by Gasteiger charge is -2.26. The number of hydrogen-bond donors (Lipinski definition) is 1. The number of aromatic nitrogens is 2. The average molecular weight is 408 g/mol. The molecule has 1 saturated heterocycles. The molecule has 0 saturated carbocycles. The molecule has 1 aliphatic heterocycles. The highest BCUT2D eigenvalue weighted by atomic mass is 16.5. The summed E-state index contributed by atoms with van der Waals surface area (Å²) in [6.45, 7) is 2.58. The van der Waals surface area contributed by atoms with E-state index in [4.69, 9.17) is 9.47 Å². The molecule has 2 amide bonds. The molecular formula is C22H24N4O4. The minimum absolute atomic E-state index is 0.0348. The van der Waals surface area contributed by atoms with E-state index in [2.05, 4.69) is 10.4 Å². The van der Waals surface area contributed by atoms with E-state index in [-0.39, 0.29) is 18.4 Å². The maximum atomic E-state index is 13.0.